The summed E-state index contributed by atoms with van der Waals surface area (Å²) in [5, 5.41) is 0. The van der Waals surface area contributed by atoms with Gasteiger partial charge < -0.3 is 14.2 Å². The molecule has 1 atom stereocenters. The molecule has 3 heterocycles. The van der Waals surface area contributed by atoms with E-state index in [1.807, 2.05) is 31.5 Å². The summed E-state index contributed by atoms with van der Waals surface area (Å²) in [5.41, 5.74) is 1.22. The summed E-state index contributed by atoms with van der Waals surface area (Å²) < 4.78 is 8.27. The quantitative estimate of drug-likeness (QED) is 0.845. The molecule has 1 aromatic heterocycles. The van der Waals surface area contributed by atoms with Crippen molar-refractivity contribution in [3.63, 3.8) is 0 Å². The molecule has 3 rings (SSSR count). The Labute approximate surface area is 138 Å². The molecule has 1 aromatic rings. The molecule has 2 fully saturated rings. The van der Waals surface area contributed by atoms with Crippen LogP contribution in [0.15, 0.2) is 12.5 Å². The molecule has 23 heavy (non-hydrogen) atoms. The van der Waals surface area contributed by atoms with E-state index in [2.05, 4.69) is 14.5 Å². The van der Waals surface area contributed by atoms with Gasteiger partial charge in [0.1, 0.15) is 0 Å². The molecule has 0 aromatic carbocycles. The average molecular weight is 320 g/mol. The van der Waals surface area contributed by atoms with Crippen LogP contribution in [-0.2, 0) is 23.1 Å². The minimum Gasteiger partial charge on any atom is -0.375 e. The number of nitrogens with zero attached hydrogens (tertiary/aromatic N) is 4. The Morgan fingerprint density at radius 1 is 1.48 bits per heavy atom. The first-order valence-corrected chi connectivity index (χ1v) is 8.54. The second-order valence-electron chi connectivity index (χ2n) is 7.08. The second-order valence-corrected chi connectivity index (χ2v) is 7.08. The normalized spacial score (nSPS) is 24.7. The van der Waals surface area contributed by atoms with Crippen LogP contribution in [0.2, 0.25) is 0 Å². The number of hydrogen-bond acceptors (Lipinski definition) is 4. The van der Waals surface area contributed by atoms with Crippen molar-refractivity contribution in [1.82, 2.24) is 19.4 Å². The van der Waals surface area contributed by atoms with Crippen LogP contribution in [0.4, 0.5) is 0 Å². The molecule has 6 nitrogen and oxygen atoms in total. The third-order valence-electron chi connectivity index (χ3n) is 5.58. The summed E-state index contributed by atoms with van der Waals surface area (Å²) >= 11 is 0. The SMILES string of the molecule is CC(=O)N(C)C1CCOC2(CCN(Cc3cncn3C)CC2)C1. The molecule has 6 heteroatoms. The van der Waals surface area contributed by atoms with Crippen LogP contribution in [0.3, 0.4) is 0 Å². The highest BCUT2D eigenvalue weighted by Gasteiger charge is 2.41. The third kappa shape index (κ3) is 3.58. The molecule has 0 aliphatic carbocycles. The highest BCUT2D eigenvalue weighted by atomic mass is 16.5. The van der Waals surface area contributed by atoms with Crippen molar-refractivity contribution in [2.75, 3.05) is 26.7 Å². The summed E-state index contributed by atoms with van der Waals surface area (Å²) in [5.74, 6) is 0.153. The number of carbonyl (C=O) groups excluding carboxylic acids is 1. The lowest BCUT2D eigenvalue weighted by molar-refractivity contribution is -0.147. The zero-order valence-corrected chi connectivity index (χ0v) is 14.5. The van der Waals surface area contributed by atoms with Crippen molar-refractivity contribution in [1.29, 1.82) is 0 Å². The lowest BCUT2D eigenvalue weighted by Gasteiger charge is -2.47. The van der Waals surface area contributed by atoms with Crippen molar-refractivity contribution in [2.45, 2.75) is 50.8 Å². The lowest BCUT2D eigenvalue weighted by atomic mass is 9.82. The van der Waals surface area contributed by atoms with E-state index in [1.54, 1.807) is 6.92 Å². The molecule has 0 radical (unpaired) electrons. The minimum atomic E-state index is -0.0322. The predicted octanol–water partition coefficient (Wildman–Crippen LogP) is 1.41. The molecule has 1 unspecified atom stereocenters. The predicted molar refractivity (Wildman–Crippen MR) is 87.9 cm³/mol. The average Bonchev–Trinajstić information content (AvgIpc) is 2.94. The molecular formula is C17H28N4O2. The first kappa shape index (κ1) is 16.5. The number of hydrogen-bond donors (Lipinski definition) is 0. The van der Waals surface area contributed by atoms with E-state index in [0.717, 1.165) is 51.9 Å². The standard InChI is InChI=1S/C17H28N4O2/c1-14(22)20(3)15-4-9-23-17(10-15)5-7-21(8-6-17)12-16-11-18-13-19(16)2/h11,13,15H,4-10,12H2,1-3H3. The summed E-state index contributed by atoms with van der Waals surface area (Å²) in [7, 11) is 3.96. The lowest BCUT2D eigenvalue weighted by Crippen LogP contribution is -2.53. The number of aromatic nitrogens is 2. The molecule has 1 amide bonds. The van der Waals surface area contributed by atoms with Gasteiger partial charge in [0.05, 0.1) is 17.6 Å². The van der Waals surface area contributed by atoms with Crippen molar-refractivity contribution < 1.29 is 9.53 Å². The Hall–Kier alpha value is -1.40. The third-order valence-corrected chi connectivity index (χ3v) is 5.58. The summed E-state index contributed by atoms with van der Waals surface area (Å²) in [6, 6.07) is 0.324. The number of ether oxygens (including phenoxy) is 1. The highest BCUT2D eigenvalue weighted by Crippen LogP contribution is 2.36. The smallest absolute Gasteiger partial charge is 0.219 e. The van der Waals surface area contributed by atoms with E-state index < -0.39 is 0 Å². The maximum atomic E-state index is 11.6. The topological polar surface area (TPSA) is 50.6 Å². The van der Waals surface area contributed by atoms with Gasteiger partial charge >= 0.3 is 0 Å². The van der Waals surface area contributed by atoms with Gasteiger partial charge in [-0.3, -0.25) is 9.69 Å². The number of rotatable bonds is 3. The molecule has 2 aliphatic heterocycles. The number of aryl methyl sites for hydroxylation is 1. The molecule has 0 saturated carbocycles. The van der Waals surface area contributed by atoms with Crippen LogP contribution >= 0.6 is 0 Å². The first-order chi connectivity index (χ1) is 11.0. The van der Waals surface area contributed by atoms with E-state index in [-0.39, 0.29) is 11.5 Å². The van der Waals surface area contributed by atoms with Gasteiger partial charge in [0, 0.05) is 59.5 Å². The van der Waals surface area contributed by atoms with Gasteiger partial charge in [0.25, 0.3) is 0 Å². The molecule has 0 N–H and O–H groups in total. The largest absolute Gasteiger partial charge is 0.375 e. The fourth-order valence-corrected chi connectivity index (χ4v) is 3.82. The van der Waals surface area contributed by atoms with Gasteiger partial charge in [-0.25, -0.2) is 4.98 Å². The van der Waals surface area contributed by atoms with Crippen molar-refractivity contribution in [2.24, 2.45) is 7.05 Å². The van der Waals surface area contributed by atoms with E-state index >= 15 is 0 Å². The Morgan fingerprint density at radius 3 is 2.83 bits per heavy atom. The van der Waals surface area contributed by atoms with Gasteiger partial charge in [-0.1, -0.05) is 0 Å². The minimum absolute atomic E-state index is 0.0322. The number of imidazole rings is 1. The van der Waals surface area contributed by atoms with Crippen LogP contribution in [0.25, 0.3) is 0 Å². The van der Waals surface area contributed by atoms with Crippen molar-refractivity contribution in [3.05, 3.63) is 18.2 Å². The van der Waals surface area contributed by atoms with E-state index in [1.165, 1.54) is 5.69 Å². The Balaban J connectivity index is 1.57. The molecular weight excluding hydrogens is 292 g/mol. The van der Waals surface area contributed by atoms with Gasteiger partial charge in [0.15, 0.2) is 0 Å². The summed E-state index contributed by atoms with van der Waals surface area (Å²) in [6.07, 6.45) is 7.83. The van der Waals surface area contributed by atoms with Crippen LogP contribution in [0, 0.1) is 0 Å². The van der Waals surface area contributed by atoms with Crippen LogP contribution in [0.5, 0.6) is 0 Å². The fraction of sp³-hybridized carbons (Fsp3) is 0.765. The zero-order valence-electron chi connectivity index (χ0n) is 14.5. The van der Waals surface area contributed by atoms with Crippen LogP contribution < -0.4 is 0 Å². The number of carbonyl (C=O) groups is 1. The van der Waals surface area contributed by atoms with Crippen molar-refractivity contribution >= 4 is 5.91 Å². The Kier molecular flexibility index (Phi) is 4.73. The first-order valence-electron chi connectivity index (χ1n) is 8.54. The maximum absolute atomic E-state index is 11.6. The molecule has 2 aliphatic rings. The molecule has 128 valence electrons. The summed E-state index contributed by atoms with van der Waals surface area (Å²) in [4.78, 5) is 20.2. The fourth-order valence-electron chi connectivity index (χ4n) is 3.82. The van der Waals surface area contributed by atoms with Gasteiger partial charge in [-0.15, -0.1) is 0 Å². The van der Waals surface area contributed by atoms with Crippen LogP contribution in [-0.4, -0.2) is 63.6 Å². The monoisotopic (exact) mass is 320 g/mol. The van der Waals surface area contributed by atoms with Gasteiger partial charge in [-0.2, -0.15) is 0 Å². The molecule has 0 bridgehead atoms. The van der Waals surface area contributed by atoms with Crippen molar-refractivity contribution in [3.8, 4) is 0 Å². The number of piperidine rings is 1. The highest BCUT2D eigenvalue weighted by molar-refractivity contribution is 5.73. The number of likely N-dealkylation sites (tertiary alicyclic amines) is 1. The summed E-state index contributed by atoms with van der Waals surface area (Å²) in [6.45, 7) is 5.45. The van der Waals surface area contributed by atoms with Crippen LogP contribution in [0.1, 0.15) is 38.3 Å². The van der Waals surface area contributed by atoms with E-state index in [0.29, 0.717) is 6.04 Å². The zero-order chi connectivity index (χ0) is 16.4. The number of amides is 1. The van der Waals surface area contributed by atoms with Gasteiger partial charge in [0.2, 0.25) is 5.91 Å². The van der Waals surface area contributed by atoms with E-state index in [4.69, 9.17) is 4.74 Å². The van der Waals surface area contributed by atoms with Gasteiger partial charge in [-0.05, 0) is 25.7 Å². The van der Waals surface area contributed by atoms with E-state index in [9.17, 15) is 4.79 Å². The second kappa shape index (κ2) is 6.61. The molecule has 2 saturated heterocycles. The maximum Gasteiger partial charge on any atom is 0.219 e. The Bertz CT molecular complexity index is 549. The Morgan fingerprint density at radius 2 is 2.22 bits per heavy atom. The molecule has 1 spiro atoms.